The van der Waals surface area contributed by atoms with Crippen molar-refractivity contribution in [3.05, 3.63) is 44.9 Å². The van der Waals surface area contributed by atoms with E-state index in [9.17, 15) is 4.79 Å². The summed E-state index contributed by atoms with van der Waals surface area (Å²) in [7, 11) is 0. The molecule has 2 aliphatic rings. The van der Waals surface area contributed by atoms with E-state index in [0.29, 0.717) is 12.2 Å². The van der Waals surface area contributed by atoms with Crippen LogP contribution in [-0.2, 0) is 10.3 Å². The molecule has 1 N–H and O–H groups in total. The Morgan fingerprint density at radius 1 is 1.28 bits per heavy atom. The maximum Gasteiger partial charge on any atom is 0.143 e. The van der Waals surface area contributed by atoms with Crippen LogP contribution < -0.4 is 5.32 Å². The Labute approximate surface area is 152 Å². The summed E-state index contributed by atoms with van der Waals surface area (Å²) in [6.45, 7) is 10.7. The zero-order valence-electron chi connectivity index (χ0n) is 15.5. The largest absolute Gasteiger partial charge is 0.343 e. The molecule has 0 saturated heterocycles. The summed E-state index contributed by atoms with van der Waals surface area (Å²) in [6.07, 6.45) is 3.67. The van der Waals surface area contributed by atoms with Crippen LogP contribution in [0.5, 0.6) is 0 Å². The van der Waals surface area contributed by atoms with Crippen molar-refractivity contribution in [2.24, 2.45) is 5.92 Å². The molecule has 2 atom stereocenters. The normalized spacial score (nSPS) is 22.9. The molecule has 0 bridgehead atoms. The van der Waals surface area contributed by atoms with Crippen LogP contribution in [0.1, 0.15) is 61.2 Å². The first kappa shape index (κ1) is 16.6. The Hall–Kier alpha value is -1.88. The highest BCUT2D eigenvalue weighted by atomic mass is 32.1. The van der Waals surface area contributed by atoms with Crippen LogP contribution in [0.2, 0.25) is 0 Å². The molecule has 0 fully saturated rings. The number of allylic oxidation sites excluding steroid dienone is 2. The van der Waals surface area contributed by atoms with Crippen LogP contribution in [0.4, 0.5) is 5.82 Å². The molecule has 4 rings (SSSR count). The number of hydrogen-bond donors (Lipinski definition) is 1. The SMILES string of the molecule is Cc1ccsc1[C@H]1c2c(C)nn(C(C)(C)C)c2NC2=CCCC(=O)[C@@H]21. The topological polar surface area (TPSA) is 46.9 Å². The van der Waals surface area contributed by atoms with E-state index < -0.39 is 0 Å². The zero-order valence-corrected chi connectivity index (χ0v) is 16.3. The standard InChI is InChI=1S/C20H25N3OS/c1-11-9-10-25-18(11)17-15-12(2)22-23(20(3,4)5)19(15)21-13-7-6-8-14(24)16(13)17/h7,9-10,16-17,21H,6,8H2,1-5H3/t16-,17+/m1/s1. The fourth-order valence-electron chi connectivity index (χ4n) is 4.13. The number of Topliss-reactive ketones (excluding diaryl/α,β-unsaturated/α-hetero) is 1. The number of thiophene rings is 1. The second kappa shape index (κ2) is 5.56. The summed E-state index contributed by atoms with van der Waals surface area (Å²) in [6, 6.07) is 2.15. The zero-order chi connectivity index (χ0) is 17.9. The molecule has 4 nitrogen and oxygen atoms in total. The van der Waals surface area contributed by atoms with Crippen LogP contribution in [0, 0.1) is 19.8 Å². The Bertz CT molecular complexity index is 881. The Kier molecular flexibility index (Phi) is 3.69. The average Bonchev–Trinajstić information content (AvgIpc) is 3.09. The van der Waals surface area contributed by atoms with Gasteiger partial charge in [0, 0.05) is 28.5 Å². The third kappa shape index (κ3) is 2.48. The molecule has 0 spiro atoms. The smallest absolute Gasteiger partial charge is 0.143 e. The van der Waals surface area contributed by atoms with E-state index in [1.807, 2.05) is 0 Å². The fourth-order valence-corrected chi connectivity index (χ4v) is 5.20. The number of anilines is 1. The van der Waals surface area contributed by atoms with Gasteiger partial charge >= 0.3 is 0 Å². The summed E-state index contributed by atoms with van der Waals surface area (Å²) >= 11 is 1.76. The lowest BCUT2D eigenvalue weighted by atomic mass is 9.73. The molecular formula is C20H25N3OS. The summed E-state index contributed by atoms with van der Waals surface area (Å²) in [4.78, 5) is 14.2. The molecule has 1 aliphatic heterocycles. The number of nitrogens with one attached hydrogen (secondary N) is 1. The average molecular weight is 356 g/mol. The van der Waals surface area contributed by atoms with Gasteiger partial charge in [-0.3, -0.25) is 4.79 Å². The van der Waals surface area contributed by atoms with Gasteiger partial charge in [0.05, 0.1) is 17.2 Å². The third-order valence-corrected chi connectivity index (χ3v) is 6.37. The van der Waals surface area contributed by atoms with Crippen LogP contribution in [0.25, 0.3) is 0 Å². The summed E-state index contributed by atoms with van der Waals surface area (Å²) in [5.41, 5.74) is 4.42. The molecule has 2 aromatic rings. The number of aryl methyl sites for hydroxylation is 2. The maximum atomic E-state index is 12.9. The number of nitrogens with zero attached hydrogens (tertiary/aromatic N) is 2. The number of fused-ring (bicyclic) bond motifs is 2. The highest BCUT2D eigenvalue weighted by Crippen LogP contribution is 2.50. The molecule has 0 radical (unpaired) electrons. The third-order valence-electron chi connectivity index (χ3n) is 5.27. The van der Waals surface area contributed by atoms with Crippen LogP contribution in [-0.4, -0.2) is 15.6 Å². The highest BCUT2D eigenvalue weighted by Gasteiger charge is 2.44. The van der Waals surface area contributed by atoms with Crippen molar-refractivity contribution in [2.45, 2.75) is 58.9 Å². The van der Waals surface area contributed by atoms with E-state index in [4.69, 9.17) is 5.10 Å². The van der Waals surface area contributed by atoms with Gasteiger partial charge in [-0.1, -0.05) is 6.08 Å². The number of rotatable bonds is 1. The predicted molar refractivity (Wildman–Crippen MR) is 102 cm³/mol. The lowest BCUT2D eigenvalue weighted by Crippen LogP contribution is -2.36. The van der Waals surface area contributed by atoms with E-state index in [1.54, 1.807) is 11.3 Å². The first-order valence-electron chi connectivity index (χ1n) is 8.93. The van der Waals surface area contributed by atoms with Gasteiger partial charge in [0.2, 0.25) is 0 Å². The van der Waals surface area contributed by atoms with E-state index in [0.717, 1.165) is 23.6 Å². The molecule has 25 heavy (non-hydrogen) atoms. The lowest BCUT2D eigenvalue weighted by molar-refractivity contribution is -0.122. The predicted octanol–water partition coefficient (Wildman–Crippen LogP) is 4.74. The van der Waals surface area contributed by atoms with Gasteiger partial charge in [0.25, 0.3) is 0 Å². The number of hydrogen-bond acceptors (Lipinski definition) is 4. The monoisotopic (exact) mass is 355 g/mol. The minimum Gasteiger partial charge on any atom is -0.343 e. The van der Waals surface area contributed by atoms with Gasteiger partial charge in [-0.05, 0) is 58.0 Å². The molecule has 1 aliphatic carbocycles. The van der Waals surface area contributed by atoms with Crippen molar-refractivity contribution in [1.82, 2.24) is 9.78 Å². The molecule has 3 heterocycles. The van der Waals surface area contributed by atoms with E-state index in [-0.39, 0.29) is 17.4 Å². The highest BCUT2D eigenvalue weighted by molar-refractivity contribution is 7.10. The molecule has 0 unspecified atom stereocenters. The fraction of sp³-hybridized carbons (Fsp3) is 0.500. The number of aromatic nitrogens is 2. The van der Waals surface area contributed by atoms with Crippen LogP contribution in [0.3, 0.4) is 0 Å². The van der Waals surface area contributed by atoms with E-state index in [1.165, 1.54) is 16.0 Å². The summed E-state index contributed by atoms with van der Waals surface area (Å²) in [5, 5.41) is 10.6. The molecule has 0 amide bonds. The van der Waals surface area contributed by atoms with Crippen molar-refractivity contribution in [1.29, 1.82) is 0 Å². The van der Waals surface area contributed by atoms with Crippen molar-refractivity contribution < 1.29 is 4.79 Å². The second-order valence-corrected chi connectivity index (χ2v) is 9.09. The first-order valence-corrected chi connectivity index (χ1v) is 9.80. The molecule has 2 aromatic heterocycles. The summed E-state index contributed by atoms with van der Waals surface area (Å²) in [5.74, 6) is 1.37. The number of ketones is 1. The number of carbonyl (C=O) groups excluding carboxylic acids is 1. The molecule has 132 valence electrons. The van der Waals surface area contributed by atoms with Gasteiger partial charge < -0.3 is 5.32 Å². The van der Waals surface area contributed by atoms with Gasteiger partial charge in [0.1, 0.15) is 11.6 Å². The minimum absolute atomic E-state index is 0.0754. The van der Waals surface area contributed by atoms with Crippen LogP contribution in [0.15, 0.2) is 23.2 Å². The van der Waals surface area contributed by atoms with Crippen molar-refractivity contribution in [2.75, 3.05) is 5.32 Å². The van der Waals surface area contributed by atoms with E-state index >= 15 is 0 Å². The maximum absolute atomic E-state index is 12.9. The second-order valence-electron chi connectivity index (χ2n) is 8.14. The molecule has 5 heteroatoms. The molecular weight excluding hydrogens is 330 g/mol. The van der Waals surface area contributed by atoms with Crippen molar-refractivity contribution >= 4 is 22.9 Å². The van der Waals surface area contributed by atoms with Gasteiger partial charge in [-0.25, -0.2) is 4.68 Å². The van der Waals surface area contributed by atoms with Crippen LogP contribution >= 0.6 is 11.3 Å². The van der Waals surface area contributed by atoms with Crippen molar-refractivity contribution in [3.63, 3.8) is 0 Å². The Morgan fingerprint density at radius 2 is 2.04 bits per heavy atom. The van der Waals surface area contributed by atoms with Crippen molar-refractivity contribution in [3.8, 4) is 0 Å². The Morgan fingerprint density at radius 3 is 2.68 bits per heavy atom. The van der Waals surface area contributed by atoms with Gasteiger partial charge in [-0.2, -0.15) is 5.10 Å². The number of carbonyl (C=O) groups is 1. The quantitative estimate of drug-likeness (QED) is 0.804. The first-order chi connectivity index (χ1) is 11.8. The van der Waals surface area contributed by atoms with Gasteiger partial charge in [0.15, 0.2) is 0 Å². The summed E-state index contributed by atoms with van der Waals surface area (Å²) < 4.78 is 2.09. The molecule has 0 saturated carbocycles. The molecule has 0 aromatic carbocycles. The van der Waals surface area contributed by atoms with Gasteiger partial charge in [-0.15, -0.1) is 11.3 Å². The lowest BCUT2D eigenvalue weighted by Gasteiger charge is -2.37. The minimum atomic E-state index is -0.119. The van der Waals surface area contributed by atoms with E-state index in [2.05, 4.69) is 62.1 Å². The Balaban J connectivity index is 2.00.